The van der Waals surface area contributed by atoms with E-state index in [0.717, 1.165) is 16.8 Å². The maximum atomic E-state index is 13.5. The van der Waals surface area contributed by atoms with E-state index in [1.165, 1.54) is 25.5 Å². The largest absolute Gasteiger partial charge is 0.493 e. The minimum Gasteiger partial charge on any atom is -0.493 e. The number of pyridine rings is 1. The summed E-state index contributed by atoms with van der Waals surface area (Å²) in [6.45, 7) is 2.25. The minimum absolute atomic E-state index is 0.0653. The molecule has 3 heterocycles. The molecule has 11 heteroatoms. The second-order valence-corrected chi connectivity index (χ2v) is 10.9. The Labute approximate surface area is 209 Å². The van der Waals surface area contributed by atoms with Crippen molar-refractivity contribution in [1.82, 2.24) is 15.0 Å². The number of rotatable bonds is 9. The van der Waals surface area contributed by atoms with Gasteiger partial charge in [-0.15, -0.1) is 0 Å². The lowest BCUT2D eigenvalue weighted by Gasteiger charge is -2.13. The number of nitrogens with one attached hydrogen (secondary N) is 1. The van der Waals surface area contributed by atoms with Crippen molar-refractivity contribution in [2.45, 2.75) is 13.3 Å². The number of sulfone groups is 1. The van der Waals surface area contributed by atoms with E-state index in [2.05, 4.69) is 20.3 Å². The van der Waals surface area contributed by atoms with Gasteiger partial charge in [-0.25, -0.2) is 27.8 Å². The Morgan fingerprint density at radius 1 is 1.17 bits per heavy atom. The Kier molecular flexibility index (Phi) is 7.30. The van der Waals surface area contributed by atoms with Crippen molar-refractivity contribution in [3.63, 3.8) is 0 Å². The molecule has 0 unspecified atom stereocenters. The summed E-state index contributed by atoms with van der Waals surface area (Å²) in [6, 6.07) is 9.72. The molecule has 0 aliphatic carbocycles. The Morgan fingerprint density at radius 2 is 1.92 bits per heavy atom. The van der Waals surface area contributed by atoms with Crippen LogP contribution in [0.3, 0.4) is 0 Å². The highest BCUT2D eigenvalue weighted by Gasteiger charge is 2.24. The molecule has 0 spiro atoms. The first-order valence-electron chi connectivity index (χ1n) is 11.2. The number of anilines is 2. The average Bonchev–Trinajstić information content (AvgIpc) is 3.28. The molecule has 4 rings (SSSR count). The van der Waals surface area contributed by atoms with Gasteiger partial charge in [-0.3, -0.25) is 4.99 Å². The fourth-order valence-electron chi connectivity index (χ4n) is 3.95. The standard InChI is InChI=1S/C25H27FN6O3S/c1-15(14-36(3,33)34)12-30-25-28-9-8-20(32-25)19-11-21(16-4-6-18(26)7-5-16)31-23(19)17-10-22(35-2)24(27)29-13-17/h4-10,13,15H,11-12,14H2,1-3H3,(H2,27,29)(H,28,30,32)/t15-/m0/s1. The van der Waals surface area contributed by atoms with E-state index in [0.29, 0.717) is 41.6 Å². The van der Waals surface area contributed by atoms with Crippen molar-refractivity contribution >= 4 is 38.6 Å². The number of hydrogen-bond donors (Lipinski definition) is 2. The van der Waals surface area contributed by atoms with Crippen molar-refractivity contribution in [3.05, 3.63) is 71.4 Å². The number of ether oxygens (including phenoxy) is 1. The number of allylic oxidation sites excluding steroid dienone is 1. The van der Waals surface area contributed by atoms with E-state index in [1.807, 2.05) is 6.92 Å². The van der Waals surface area contributed by atoms with E-state index < -0.39 is 9.84 Å². The zero-order valence-corrected chi connectivity index (χ0v) is 21.0. The smallest absolute Gasteiger partial charge is 0.223 e. The van der Waals surface area contributed by atoms with Crippen LogP contribution < -0.4 is 15.8 Å². The predicted octanol–water partition coefficient (Wildman–Crippen LogP) is 3.46. The van der Waals surface area contributed by atoms with Gasteiger partial charge >= 0.3 is 0 Å². The van der Waals surface area contributed by atoms with Crippen molar-refractivity contribution in [1.29, 1.82) is 0 Å². The molecule has 9 nitrogen and oxygen atoms in total. The van der Waals surface area contributed by atoms with Gasteiger partial charge in [0.25, 0.3) is 0 Å². The number of nitrogens with zero attached hydrogens (tertiary/aromatic N) is 4. The van der Waals surface area contributed by atoms with E-state index in [-0.39, 0.29) is 23.3 Å². The quantitative estimate of drug-likeness (QED) is 0.447. The summed E-state index contributed by atoms with van der Waals surface area (Å²) in [4.78, 5) is 18.0. The Hall–Kier alpha value is -3.86. The molecule has 0 saturated carbocycles. The molecular weight excluding hydrogens is 483 g/mol. The molecule has 0 bridgehead atoms. The second kappa shape index (κ2) is 10.4. The van der Waals surface area contributed by atoms with Crippen LogP contribution in [0.25, 0.3) is 11.3 Å². The molecule has 1 aliphatic heterocycles. The Morgan fingerprint density at radius 3 is 2.61 bits per heavy atom. The average molecular weight is 511 g/mol. The van der Waals surface area contributed by atoms with Crippen LogP contribution in [0.2, 0.25) is 0 Å². The number of hydrogen-bond acceptors (Lipinski definition) is 9. The van der Waals surface area contributed by atoms with Crippen LogP contribution in [0.4, 0.5) is 16.2 Å². The first-order valence-corrected chi connectivity index (χ1v) is 13.3. The Balaban J connectivity index is 1.68. The Bertz CT molecular complexity index is 1440. The summed E-state index contributed by atoms with van der Waals surface area (Å²) in [5, 5.41) is 3.12. The molecule has 0 radical (unpaired) electrons. The molecule has 3 N–H and O–H groups in total. The number of halogens is 1. The third-order valence-corrected chi connectivity index (χ3v) is 6.76. The van der Waals surface area contributed by atoms with Crippen LogP contribution >= 0.6 is 0 Å². The van der Waals surface area contributed by atoms with E-state index in [9.17, 15) is 12.8 Å². The van der Waals surface area contributed by atoms with Gasteiger partial charge in [0.2, 0.25) is 5.95 Å². The van der Waals surface area contributed by atoms with E-state index >= 15 is 0 Å². The van der Waals surface area contributed by atoms with E-state index in [1.54, 1.807) is 36.7 Å². The molecule has 0 saturated heterocycles. The zero-order valence-electron chi connectivity index (χ0n) is 20.2. The monoisotopic (exact) mass is 510 g/mol. The van der Waals surface area contributed by atoms with E-state index in [4.69, 9.17) is 15.5 Å². The normalized spacial score (nSPS) is 14.5. The maximum Gasteiger partial charge on any atom is 0.223 e. The number of nitrogen functional groups attached to an aromatic ring is 1. The first kappa shape index (κ1) is 25.2. The van der Waals surface area contributed by atoms with Crippen LogP contribution in [-0.4, -0.2) is 54.7 Å². The molecule has 1 atom stereocenters. The van der Waals surface area contributed by atoms with Crippen LogP contribution in [0.1, 0.15) is 30.2 Å². The second-order valence-electron chi connectivity index (χ2n) is 8.72. The molecule has 0 amide bonds. The molecule has 36 heavy (non-hydrogen) atoms. The fourth-order valence-corrected chi connectivity index (χ4v) is 5.11. The number of methoxy groups -OCH3 is 1. The third kappa shape index (κ3) is 6.03. The summed E-state index contributed by atoms with van der Waals surface area (Å²) in [6.07, 6.45) is 4.93. The van der Waals surface area contributed by atoms with Crippen molar-refractivity contribution in [3.8, 4) is 5.75 Å². The molecule has 188 valence electrons. The molecule has 1 aromatic carbocycles. The van der Waals surface area contributed by atoms with Gasteiger partial charge in [0.1, 0.15) is 15.7 Å². The molecule has 3 aromatic rings. The SMILES string of the molecule is COc1cc(C2=C(c3ccnc(NC[C@H](C)CS(C)(=O)=O)n3)CC(c3ccc(F)cc3)=N2)cnc1N. The highest BCUT2D eigenvalue weighted by molar-refractivity contribution is 7.90. The van der Waals surface area contributed by atoms with Crippen LogP contribution in [-0.2, 0) is 9.84 Å². The number of nitrogens with two attached hydrogens (primary N) is 1. The van der Waals surface area contributed by atoms with Gasteiger partial charge in [-0.2, -0.15) is 0 Å². The maximum absolute atomic E-state index is 13.5. The van der Waals surface area contributed by atoms with Crippen molar-refractivity contribution in [2.24, 2.45) is 10.9 Å². The first-order chi connectivity index (χ1) is 17.1. The molecular formula is C25H27FN6O3S. The lowest BCUT2D eigenvalue weighted by atomic mass is 10.00. The number of aliphatic imine (C=N–C) groups is 1. The third-order valence-electron chi connectivity index (χ3n) is 5.59. The molecule has 1 aliphatic rings. The highest BCUT2D eigenvalue weighted by atomic mass is 32.2. The molecule has 0 fully saturated rings. The summed E-state index contributed by atoms with van der Waals surface area (Å²) in [5.74, 6) is 0.694. The van der Waals surface area contributed by atoms with Gasteiger partial charge in [0.15, 0.2) is 11.6 Å². The predicted molar refractivity (Wildman–Crippen MR) is 139 cm³/mol. The topological polar surface area (TPSA) is 132 Å². The summed E-state index contributed by atoms with van der Waals surface area (Å²) in [7, 11) is -1.57. The molecule has 2 aromatic heterocycles. The van der Waals surface area contributed by atoms with Gasteiger partial charge in [-0.1, -0.05) is 19.1 Å². The van der Waals surface area contributed by atoms with Crippen LogP contribution in [0.5, 0.6) is 5.75 Å². The van der Waals surface area contributed by atoms with Gasteiger partial charge < -0.3 is 15.8 Å². The number of aromatic nitrogens is 3. The number of benzene rings is 1. The summed E-state index contributed by atoms with van der Waals surface area (Å²) in [5.41, 5.74) is 10.3. The highest BCUT2D eigenvalue weighted by Crippen LogP contribution is 2.38. The van der Waals surface area contributed by atoms with Crippen molar-refractivity contribution in [2.75, 3.05) is 36.7 Å². The van der Waals surface area contributed by atoms with Gasteiger partial charge in [-0.05, 0) is 35.7 Å². The summed E-state index contributed by atoms with van der Waals surface area (Å²) < 4.78 is 42.0. The minimum atomic E-state index is -3.08. The zero-order chi connectivity index (χ0) is 25.9. The lowest BCUT2D eigenvalue weighted by molar-refractivity contribution is 0.415. The van der Waals surface area contributed by atoms with Crippen LogP contribution in [0.15, 0.2) is 53.8 Å². The summed E-state index contributed by atoms with van der Waals surface area (Å²) >= 11 is 0. The fraction of sp³-hybridized carbons (Fsp3) is 0.280. The van der Waals surface area contributed by atoms with Gasteiger partial charge in [0.05, 0.1) is 30.0 Å². The lowest BCUT2D eigenvalue weighted by Crippen LogP contribution is -2.20. The van der Waals surface area contributed by atoms with Gasteiger partial charge in [0, 0.05) is 42.8 Å². The van der Waals surface area contributed by atoms with Crippen LogP contribution in [0, 0.1) is 11.7 Å². The van der Waals surface area contributed by atoms with Crippen molar-refractivity contribution < 1.29 is 17.5 Å².